The van der Waals surface area contributed by atoms with E-state index in [4.69, 9.17) is 0 Å². The molecule has 1 aromatic carbocycles. The standard InChI is InChI=1S/C21H24N4/c1-2-8-17(9-3-1)10-7-15-22-19-11-6-12-20-18(19)16-24-25(20)21-13-4-5-14-23-21/h1-5,8-9,13-14,16,19,22H,6-7,10-12,15H2/t19-/m1/s1. The highest BCUT2D eigenvalue weighted by Gasteiger charge is 2.24. The monoisotopic (exact) mass is 332 g/mol. The summed E-state index contributed by atoms with van der Waals surface area (Å²) in [4.78, 5) is 4.44. The zero-order valence-electron chi connectivity index (χ0n) is 14.4. The van der Waals surface area contributed by atoms with Crippen molar-refractivity contribution in [3.8, 4) is 5.82 Å². The van der Waals surface area contributed by atoms with Crippen LogP contribution in [0.4, 0.5) is 0 Å². The van der Waals surface area contributed by atoms with Gasteiger partial charge in [-0.15, -0.1) is 0 Å². The SMILES string of the molecule is c1ccc(CCCN[C@@H]2CCCc3c2cnn3-c2ccccn2)cc1. The van der Waals surface area contributed by atoms with Gasteiger partial charge in [0, 0.05) is 17.8 Å². The minimum absolute atomic E-state index is 0.414. The molecular formula is C21H24N4. The van der Waals surface area contributed by atoms with Crippen LogP contribution in [0.1, 0.15) is 42.1 Å². The molecule has 0 saturated carbocycles. The van der Waals surface area contributed by atoms with Crippen molar-refractivity contribution in [2.75, 3.05) is 6.54 Å². The molecular weight excluding hydrogens is 308 g/mol. The second-order valence-electron chi connectivity index (χ2n) is 6.63. The molecule has 0 amide bonds. The number of nitrogens with one attached hydrogen (secondary N) is 1. The zero-order chi connectivity index (χ0) is 16.9. The highest BCUT2D eigenvalue weighted by atomic mass is 15.3. The summed E-state index contributed by atoms with van der Waals surface area (Å²) in [5.41, 5.74) is 4.07. The maximum Gasteiger partial charge on any atom is 0.153 e. The summed E-state index contributed by atoms with van der Waals surface area (Å²) >= 11 is 0. The normalized spacial score (nSPS) is 16.6. The number of pyridine rings is 1. The largest absolute Gasteiger partial charge is 0.310 e. The van der Waals surface area contributed by atoms with Gasteiger partial charge in [-0.25, -0.2) is 9.67 Å². The van der Waals surface area contributed by atoms with E-state index in [2.05, 4.69) is 45.7 Å². The molecule has 1 aliphatic carbocycles. The summed E-state index contributed by atoms with van der Waals surface area (Å²) < 4.78 is 2.01. The molecule has 1 aliphatic rings. The van der Waals surface area contributed by atoms with Crippen LogP contribution in [0.3, 0.4) is 0 Å². The Balaban J connectivity index is 1.40. The third kappa shape index (κ3) is 3.64. The predicted octanol–water partition coefficient (Wildman–Crippen LogP) is 3.87. The number of hydrogen-bond donors (Lipinski definition) is 1. The van der Waals surface area contributed by atoms with Crippen LogP contribution in [0, 0.1) is 0 Å². The number of aromatic nitrogens is 3. The van der Waals surface area contributed by atoms with Crippen molar-refractivity contribution in [1.82, 2.24) is 20.1 Å². The van der Waals surface area contributed by atoms with E-state index in [9.17, 15) is 0 Å². The number of aryl methyl sites for hydroxylation is 1. The van der Waals surface area contributed by atoms with E-state index >= 15 is 0 Å². The van der Waals surface area contributed by atoms with Crippen molar-refractivity contribution in [3.63, 3.8) is 0 Å². The van der Waals surface area contributed by atoms with Gasteiger partial charge in [-0.05, 0) is 56.3 Å². The Labute approximate surface area is 148 Å². The molecule has 0 radical (unpaired) electrons. The molecule has 1 atom stereocenters. The minimum atomic E-state index is 0.414. The lowest BCUT2D eigenvalue weighted by Crippen LogP contribution is -2.26. The molecule has 3 aromatic rings. The van der Waals surface area contributed by atoms with E-state index in [1.165, 1.54) is 29.7 Å². The summed E-state index contributed by atoms with van der Waals surface area (Å²) in [7, 11) is 0. The van der Waals surface area contributed by atoms with E-state index in [0.29, 0.717) is 6.04 Å². The van der Waals surface area contributed by atoms with Crippen LogP contribution in [0.2, 0.25) is 0 Å². The first-order valence-electron chi connectivity index (χ1n) is 9.17. The molecule has 4 nitrogen and oxygen atoms in total. The Kier molecular flexibility index (Phi) is 4.89. The van der Waals surface area contributed by atoms with E-state index in [-0.39, 0.29) is 0 Å². The molecule has 0 spiro atoms. The van der Waals surface area contributed by atoms with Crippen LogP contribution in [-0.2, 0) is 12.8 Å². The van der Waals surface area contributed by atoms with Gasteiger partial charge in [0.2, 0.25) is 0 Å². The fourth-order valence-corrected chi connectivity index (χ4v) is 3.66. The smallest absolute Gasteiger partial charge is 0.153 e. The number of rotatable bonds is 6. The molecule has 0 unspecified atom stereocenters. The van der Waals surface area contributed by atoms with Crippen molar-refractivity contribution in [3.05, 3.63) is 77.7 Å². The van der Waals surface area contributed by atoms with Crippen molar-refractivity contribution in [1.29, 1.82) is 0 Å². The van der Waals surface area contributed by atoms with Gasteiger partial charge < -0.3 is 5.32 Å². The van der Waals surface area contributed by atoms with Crippen LogP contribution in [-0.4, -0.2) is 21.3 Å². The quantitative estimate of drug-likeness (QED) is 0.697. The molecule has 1 N–H and O–H groups in total. The number of hydrogen-bond acceptors (Lipinski definition) is 3. The molecule has 4 heteroatoms. The van der Waals surface area contributed by atoms with Crippen LogP contribution < -0.4 is 5.32 Å². The van der Waals surface area contributed by atoms with Crippen LogP contribution in [0.25, 0.3) is 5.82 Å². The fourth-order valence-electron chi connectivity index (χ4n) is 3.66. The first-order valence-corrected chi connectivity index (χ1v) is 9.17. The Morgan fingerprint density at radius 2 is 1.96 bits per heavy atom. The fraction of sp³-hybridized carbons (Fsp3) is 0.333. The molecule has 0 fully saturated rings. The molecule has 128 valence electrons. The highest BCUT2D eigenvalue weighted by Crippen LogP contribution is 2.30. The average molecular weight is 332 g/mol. The molecule has 0 saturated heterocycles. The van der Waals surface area contributed by atoms with Crippen molar-refractivity contribution in [2.45, 2.75) is 38.1 Å². The van der Waals surface area contributed by atoms with Gasteiger partial charge in [0.1, 0.15) is 0 Å². The van der Waals surface area contributed by atoms with Crippen molar-refractivity contribution >= 4 is 0 Å². The lowest BCUT2D eigenvalue weighted by Gasteiger charge is -2.24. The topological polar surface area (TPSA) is 42.7 Å². The summed E-state index contributed by atoms with van der Waals surface area (Å²) in [6.45, 7) is 1.04. The molecule has 25 heavy (non-hydrogen) atoms. The van der Waals surface area contributed by atoms with E-state index < -0.39 is 0 Å². The first-order chi connectivity index (χ1) is 12.4. The number of fused-ring (bicyclic) bond motifs is 1. The summed E-state index contributed by atoms with van der Waals surface area (Å²) in [6, 6.07) is 17.1. The third-order valence-corrected chi connectivity index (χ3v) is 4.93. The van der Waals surface area contributed by atoms with Crippen LogP contribution >= 0.6 is 0 Å². The number of benzene rings is 1. The van der Waals surface area contributed by atoms with Gasteiger partial charge in [0.25, 0.3) is 0 Å². The summed E-state index contributed by atoms with van der Waals surface area (Å²) in [5.74, 6) is 0.911. The van der Waals surface area contributed by atoms with Gasteiger partial charge in [-0.2, -0.15) is 5.10 Å². The molecule has 0 aliphatic heterocycles. The Morgan fingerprint density at radius 1 is 1.08 bits per heavy atom. The second-order valence-corrected chi connectivity index (χ2v) is 6.63. The first kappa shape index (κ1) is 16.0. The van der Waals surface area contributed by atoms with Crippen LogP contribution in [0.5, 0.6) is 0 Å². The Morgan fingerprint density at radius 3 is 2.80 bits per heavy atom. The Hall–Kier alpha value is -2.46. The van der Waals surface area contributed by atoms with Crippen molar-refractivity contribution in [2.24, 2.45) is 0 Å². The van der Waals surface area contributed by atoms with Gasteiger partial charge in [0.05, 0.1) is 11.9 Å². The minimum Gasteiger partial charge on any atom is -0.310 e. The van der Waals surface area contributed by atoms with E-state index in [1.807, 2.05) is 35.3 Å². The second kappa shape index (κ2) is 7.62. The Bertz CT molecular complexity index is 795. The van der Waals surface area contributed by atoms with Gasteiger partial charge in [0.15, 0.2) is 5.82 Å². The zero-order valence-corrected chi connectivity index (χ0v) is 14.4. The van der Waals surface area contributed by atoms with Gasteiger partial charge >= 0.3 is 0 Å². The van der Waals surface area contributed by atoms with Crippen LogP contribution in [0.15, 0.2) is 60.9 Å². The molecule has 2 aromatic heterocycles. The summed E-state index contributed by atoms with van der Waals surface area (Å²) in [5, 5.41) is 8.35. The average Bonchev–Trinajstić information content (AvgIpc) is 3.12. The van der Waals surface area contributed by atoms with E-state index in [1.54, 1.807) is 0 Å². The third-order valence-electron chi connectivity index (χ3n) is 4.93. The predicted molar refractivity (Wildman–Crippen MR) is 99.8 cm³/mol. The maximum absolute atomic E-state index is 4.61. The molecule has 4 rings (SSSR count). The lowest BCUT2D eigenvalue weighted by atomic mass is 9.93. The summed E-state index contributed by atoms with van der Waals surface area (Å²) in [6.07, 6.45) is 9.59. The van der Waals surface area contributed by atoms with Gasteiger partial charge in [-0.3, -0.25) is 0 Å². The van der Waals surface area contributed by atoms with Crippen molar-refractivity contribution < 1.29 is 0 Å². The highest BCUT2D eigenvalue weighted by molar-refractivity contribution is 5.32. The molecule has 2 heterocycles. The number of nitrogens with zero attached hydrogens (tertiary/aromatic N) is 3. The maximum atomic E-state index is 4.61. The lowest BCUT2D eigenvalue weighted by molar-refractivity contribution is 0.451. The van der Waals surface area contributed by atoms with Gasteiger partial charge in [-0.1, -0.05) is 36.4 Å². The van der Waals surface area contributed by atoms with E-state index in [0.717, 1.165) is 31.6 Å². The molecule has 0 bridgehead atoms.